The molecule has 0 fully saturated rings. The third-order valence-corrected chi connectivity index (χ3v) is 3.09. The number of nitrogens with zero attached hydrogens (tertiary/aromatic N) is 1. The predicted octanol–water partition coefficient (Wildman–Crippen LogP) is 4.02. The maximum absolute atomic E-state index is 8.80. The number of nitrogens with one attached hydrogen (secondary N) is 1. The molecule has 3 nitrogen and oxygen atoms in total. The van der Waals surface area contributed by atoms with Crippen LogP contribution in [-0.2, 0) is 6.54 Å². The Labute approximate surface area is 118 Å². The van der Waals surface area contributed by atoms with E-state index in [1.165, 1.54) is 0 Å². The molecule has 0 spiro atoms. The Hall–Kier alpha value is -1.19. The van der Waals surface area contributed by atoms with Gasteiger partial charge in [0.2, 0.25) is 0 Å². The Kier molecular flexibility index (Phi) is 3.92. The number of rotatable bonds is 3. The fraction of sp³-hybridized carbons (Fsp3) is 0.0833. The van der Waals surface area contributed by atoms with Gasteiger partial charge in [-0.05, 0) is 52.9 Å². The summed E-state index contributed by atoms with van der Waals surface area (Å²) in [5.74, 6) is 0.827. The lowest BCUT2D eigenvalue weighted by molar-refractivity contribution is 0.493. The van der Waals surface area contributed by atoms with Gasteiger partial charge in [0, 0.05) is 0 Å². The van der Waals surface area contributed by atoms with Crippen molar-refractivity contribution in [3.8, 4) is 6.07 Å². The summed E-state index contributed by atoms with van der Waals surface area (Å²) in [4.78, 5) is 0. The lowest BCUT2D eigenvalue weighted by Crippen LogP contribution is -1.99. The first-order valence-corrected chi connectivity index (χ1v) is 6.32. The zero-order chi connectivity index (χ0) is 12.3. The molecule has 2 rings (SSSR count). The van der Waals surface area contributed by atoms with E-state index in [2.05, 4.69) is 34.0 Å². The van der Waals surface area contributed by atoms with E-state index in [1.807, 2.05) is 12.1 Å². The summed E-state index contributed by atoms with van der Waals surface area (Å²) in [6, 6.07) is 11.0. The van der Waals surface area contributed by atoms with Crippen LogP contribution in [-0.4, -0.2) is 0 Å². The topological polar surface area (TPSA) is 49.0 Å². The van der Waals surface area contributed by atoms with Crippen molar-refractivity contribution in [1.29, 1.82) is 5.26 Å². The van der Waals surface area contributed by atoms with Crippen molar-refractivity contribution in [2.24, 2.45) is 0 Å². The zero-order valence-corrected chi connectivity index (χ0v) is 11.6. The quantitative estimate of drug-likeness (QED) is 0.843. The lowest BCUT2D eigenvalue weighted by atomic mass is 10.2. The third kappa shape index (κ3) is 3.14. The van der Waals surface area contributed by atoms with Crippen LogP contribution >= 0.6 is 34.2 Å². The molecule has 1 N–H and O–H groups in total. The van der Waals surface area contributed by atoms with Crippen molar-refractivity contribution < 1.29 is 4.42 Å². The number of hydrogen-bond donors (Lipinski definition) is 1. The Morgan fingerprint density at radius 3 is 2.82 bits per heavy atom. The highest BCUT2D eigenvalue weighted by molar-refractivity contribution is 14.1. The first kappa shape index (κ1) is 12.3. The molecule has 1 heterocycles. The van der Waals surface area contributed by atoms with Crippen molar-refractivity contribution in [2.75, 3.05) is 5.32 Å². The molecule has 0 aliphatic heterocycles. The number of halogens is 2. The summed E-state index contributed by atoms with van der Waals surface area (Å²) < 4.78 is 6.26. The fourth-order valence-electron chi connectivity index (χ4n) is 1.36. The molecular weight excluding hydrogens is 351 g/mol. The molecule has 0 atom stereocenters. The smallest absolute Gasteiger partial charge is 0.164 e. The maximum atomic E-state index is 8.80. The third-order valence-electron chi connectivity index (χ3n) is 2.18. The minimum atomic E-state index is 0.539. The van der Waals surface area contributed by atoms with Gasteiger partial charge in [0.15, 0.2) is 3.77 Å². The van der Waals surface area contributed by atoms with E-state index < -0.39 is 0 Å². The zero-order valence-electron chi connectivity index (χ0n) is 8.71. The second kappa shape index (κ2) is 5.43. The monoisotopic (exact) mass is 358 g/mol. The first-order valence-electron chi connectivity index (χ1n) is 4.87. The predicted molar refractivity (Wildman–Crippen MR) is 74.9 cm³/mol. The second-order valence-electron chi connectivity index (χ2n) is 3.37. The molecule has 0 aliphatic carbocycles. The summed E-state index contributed by atoms with van der Waals surface area (Å²) in [5.41, 5.74) is 1.31. The van der Waals surface area contributed by atoms with Crippen molar-refractivity contribution in [1.82, 2.24) is 0 Å². The largest absolute Gasteiger partial charge is 0.454 e. The molecule has 0 saturated carbocycles. The molecule has 17 heavy (non-hydrogen) atoms. The molecule has 0 aliphatic rings. The average Bonchev–Trinajstić information content (AvgIpc) is 2.74. The molecule has 1 aromatic heterocycles. The SMILES string of the molecule is N#Cc1ccc(Cl)c(NCc2ccc(I)o2)c1. The van der Waals surface area contributed by atoms with Crippen molar-refractivity contribution >= 4 is 39.9 Å². The van der Waals surface area contributed by atoms with E-state index in [9.17, 15) is 0 Å². The van der Waals surface area contributed by atoms with Gasteiger partial charge in [-0.2, -0.15) is 5.26 Å². The van der Waals surface area contributed by atoms with E-state index in [4.69, 9.17) is 21.3 Å². The second-order valence-corrected chi connectivity index (χ2v) is 4.84. The van der Waals surface area contributed by atoms with Gasteiger partial charge in [-0.15, -0.1) is 0 Å². The molecule has 2 aromatic rings. The van der Waals surface area contributed by atoms with Gasteiger partial charge >= 0.3 is 0 Å². The highest BCUT2D eigenvalue weighted by Crippen LogP contribution is 2.23. The van der Waals surface area contributed by atoms with Crippen molar-refractivity contribution in [2.45, 2.75) is 6.54 Å². The van der Waals surface area contributed by atoms with Crippen LogP contribution in [0.15, 0.2) is 34.7 Å². The number of furan rings is 1. The van der Waals surface area contributed by atoms with Crippen LogP contribution < -0.4 is 5.32 Å². The number of anilines is 1. The summed E-state index contributed by atoms with van der Waals surface area (Å²) in [7, 11) is 0. The molecule has 0 amide bonds. The van der Waals surface area contributed by atoms with Crippen LogP contribution in [0, 0.1) is 15.1 Å². The van der Waals surface area contributed by atoms with Crippen LogP contribution in [0.3, 0.4) is 0 Å². The summed E-state index contributed by atoms with van der Waals surface area (Å²) in [5, 5.41) is 12.5. The van der Waals surface area contributed by atoms with Crippen LogP contribution in [0.25, 0.3) is 0 Å². The van der Waals surface area contributed by atoms with Gasteiger partial charge < -0.3 is 9.73 Å². The Morgan fingerprint density at radius 1 is 1.35 bits per heavy atom. The summed E-state index contributed by atoms with van der Waals surface area (Å²) >= 11 is 8.13. The Morgan fingerprint density at radius 2 is 2.18 bits per heavy atom. The maximum Gasteiger partial charge on any atom is 0.164 e. The number of benzene rings is 1. The van der Waals surface area contributed by atoms with Crippen LogP contribution in [0.4, 0.5) is 5.69 Å². The van der Waals surface area contributed by atoms with Gasteiger partial charge in [-0.3, -0.25) is 0 Å². The standard InChI is InChI=1S/C12H8ClIN2O/c13-10-3-1-8(6-15)5-11(10)16-7-9-2-4-12(14)17-9/h1-5,16H,7H2. The van der Waals surface area contributed by atoms with Crippen LogP contribution in [0.2, 0.25) is 5.02 Å². The molecule has 0 unspecified atom stereocenters. The van der Waals surface area contributed by atoms with Crippen LogP contribution in [0.1, 0.15) is 11.3 Å². The minimum absolute atomic E-state index is 0.539. The van der Waals surface area contributed by atoms with Gasteiger partial charge in [-0.1, -0.05) is 11.6 Å². The first-order chi connectivity index (χ1) is 8.19. The number of nitriles is 1. The summed E-state index contributed by atoms with van der Waals surface area (Å²) in [6.45, 7) is 0.539. The molecule has 86 valence electrons. The van der Waals surface area contributed by atoms with Crippen molar-refractivity contribution in [3.05, 3.63) is 50.4 Å². The van der Waals surface area contributed by atoms with E-state index in [0.717, 1.165) is 15.2 Å². The highest BCUT2D eigenvalue weighted by atomic mass is 127. The van der Waals surface area contributed by atoms with Crippen molar-refractivity contribution in [3.63, 3.8) is 0 Å². The van der Waals surface area contributed by atoms with Gasteiger partial charge in [0.25, 0.3) is 0 Å². The number of hydrogen-bond acceptors (Lipinski definition) is 3. The van der Waals surface area contributed by atoms with Gasteiger partial charge in [0.05, 0.1) is 28.9 Å². The molecule has 5 heteroatoms. The van der Waals surface area contributed by atoms with Crippen LogP contribution in [0.5, 0.6) is 0 Å². The van der Waals surface area contributed by atoms with E-state index in [-0.39, 0.29) is 0 Å². The fourth-order valence-corrected chi connectivity index (χ4v) is 2.01. The molecule has 0 bridgehead atoms. The molecular formula is C12H8ClIN2O. The summed E-state index contributed by atoms with van der Waals surface area (Å²) in [6.07, 6.45) is 0. The molecule has 0 radical (unpaired) electrons. The molecule has 0 saturated heterocycles. The highest BCUT2D eigenvalue weighted by Gasteiger charge is 2.03. The van der Waals surface area contributed by atoms with Gasteiger partial charge in [-0.25, -0.2) is 0 Å². The van der Waals surface area contributed by atoms with E-state index in [1.54, 1.807) is 18.2 Å². The normalized spacial score (nSPS) is 9.94. The van der Waals surface area contributed by atoms with E-state index in [0.29, 0.717) is 17.1 Å². The Balaban J connectivity index is 2.11. The lowest BCUT2D eigenvalue weighted by Gasteiger charge is -2.06. The van der Waals surface area contributed by atoms with E-state index >= 15 is 0 Å². The Bertz CT molecular complexity index is 574. The van der Waals surface area contributed by atoms with Gasteiger partial charge in [0.1, 0.15) is 5.76 Å². The minimum Gasteiger partial charge on any atom is -0.454 e. The average molecular weight is 359 g/mol. The molecule has 1 aromatic carbocycles.